The Morgan fingerprint density at radius 1 is 1.20 bits per heavy atom. The molecule has 0 fully saturated rings. The number of benzene rings is 1. The number of amides is 1. The third-order valence-electron chi connectivity index (χ3n) is 3.61. The summed E-state index contributed by atoms with van der Waals surface area (Å²) in [6.45, 7) is 4.76. The highest BCUT2D eigenvalue weighted by atomic mass is 32.2. The lowest BCUT2D eigenvalue weighted by molar-refractivity contribution is -0.113. The molecule has 0 saturated heterocycles. The first-order chi connectivity index (χ1) is 12.2. The number of hydrogen-bond donors (Lipinski definition) is 1. The molecule has 25 heavy (non-hydrogen) atoms. The van der Waals surface area contributed by atoms with Crippen molar-refractivity contribution >= 4 is 23.4 Å². The fraction of sp³-hybridized carbons (Fsp3) is 0.222. The Kier molecular flexibility index (Phi) is 5.45. The van der Waals surface area contributed by atoms with E-state index in [0.717, 1.165) is 34.3 Å². The van der Waals surface area contributed by atoms with E-state index in [2.05, 4.69) is 20.5 Å². The fourth-order valence-electron chi connectivity index (χ4n) is 2.45. The largest absolute Gasteiger partial charge is 0.325 e. The van der Waals surface area contributed by atoms with E-state index in [9.17, 15) is 4.79 Å². The lowest BCUT2D eigenvalue weighted by Gasteiger charge is -2.08. The molecule has 7 heteroatoms. The number of pyridine rings is 1. The van der Waals surface area contributed by atoms with E-state index >= 15 is 0 Å². The third kappa shape index (κ3) is 4.24. The molecule has 3 aromatic rings. The number of rotatable bonds is 6. The van der Waals surface area contributed by atoms with Gasteiger partial charge in [0.05, 0.1) is 5.75 Å². The average Bonchev–Trinajstić information content (AvgIpc) is 3.03. The third-order valence-corrected chi connectivity index (χ3v) is 4.57. The van der Waals surface area contributed by atoms with Crippen LogP contribution in [-0.2, 0) is 11.3 Å². The van der Waals surface area contributed by atoms with Crippen LogP contribution in [0.15, 0.2) is 53.9 Å². The van der Waals surface area contributed by atoms with Crippen molar-refractivity contribution in [2.24, 2.45) is 0 Å². The number of anilines is 1. The van der Waals surface area contributed by atoms with E-state index in [1.807, 2.05) is 54.8 Å². The lowest BCUT2D eigenvalue weighted by Crippen LogP contribution is -2.14. The number of carbonyl (C=O) groups excluding carboxylic acids is 1. The quantitative estimate of drug-likeness (QED) is 0.688. The molecule has 0 unspecified atom stereocenters. The molecule has 0 bridgehead atoms. The number of nitrogens with zero attached hydrogens (tertiary/aromatic N) is 4. The SMILES string of the molecule is CCn1c(SCC(=O)Nc2cccc(C)c2)nnc1-c1ccncc1. The van der Waals surface area contributed by atoms with Crippen molar-refractivity contribution in [3.8, 4) is 11.4 Å². The zero-order valence-electron chi connectivity index (χ0n) is 14.1. The van der Waals surface area contributed by atoms with Gasteiger partial charge in [0.15, 0.2) is 11.0 Å². The zero-order chi connectivity index (χ0) is 17.6. The monoisotopic (exact) mass is 353 g/mol. The minimum absolute atomic E-state index is 0.0632. The van der Waals surface area contributed by atoms with Crippen LogP contribution in [0.1, 0.15) is 12.5 Å². The van der Waals surface area contributed by atoms with Crippen molar-refractivity contribution in [1.29, 1.82) is 0 Å². The molecule has 0 saturated carbocycles. The van der Waals surface area contributed by atoms with Crippen LogP contribution in [0.4, 0.5) is 5.69 Å². The highest BCUT2D eigenvalue weighted by molar-refractivity contribution is 7.99. The van der Waals surface area contributed by atoms with Gasteiger partial charge in [-0.3, -0.25) is 9.78 Å². The molecule has 3 rings (SSSR count). The number of aryl methyl sites for hydroxylation is 1. The average molecular weight is 353 g/mol. The second-order valence-electron chi connectivity index (χ2n) is 5.49. The topological polar surface area (TPSA) is 72.7 Å². The van der Waals surface area contributed by atoms with Gasteiger partial charge in [0.25, 0.3) is 0 Å². The Hall–Kier alpha value is -2.67. The van der Waals surface area contributed by atoms with E-state index in [-0.39, 0.29) is 11.7 Å². The van der Waals surface area contributed by atoms with E-state index in [4.69, 9.17) is 0 Å². The maximum absolute atomic E-state index is 12.2. The minimum Gasteiger partial charge on any atom is -0.325 e. The summed E-state index contributed by atoms with van der Waals surface area (Å²) in [4.78, 5) is 16.2. The summed E-state index contributed by atoms with van der Waals surface area (Å²) < 4.78 is 2.00. The maximum Gasteiger partial charge on any atom is 0.234 e. The number of carbonyl (C=O) groups is 1. The standard InChI is InChI=1S/C18H19N5OS/c1-3-23-17(14-7-9-19-10-8-14)21-22-18(23)25-12-16(24)20-15-6-4-5-13(2)11-15/h4-11H,3,12H2,1-2H3,(H,20,24). The first-order valence-electron chi connectivity index (χ1n) is 8.00. The summed E-state index contributed by atoms with van der Waals surface area (Å²) in [6.07, 6.45) is 3.46. The predicted molar refractivity (Wildman–Crippen MR) is 99.5 cm³/mol. The fourth-order valence-corrected chi connectivity index (χ4v) is 3.25. The normalized spacial score (nSPS) is 10.6. The molecule has 2 aromatic heterocycles. The van der Waals surface area contributed by atoms with E-state index in [1.54, 1.807) is 12.4 Å². The number of thioether (sulfide) groups is 1. The van der Waals surface area contributed by atoms with Crippen LogP contribution in [0.25, 0.3) is 11.4 Å². The molecule has 0 spiro atoms. The van der Waals surface area contributed by atoms with Gasteiger partial charge in [0.2, 0.25) is 5.91 Å². The minimum atomic E-state index is -0.0632. The predicted octanol–water partition coefficient (Wildman–Crippen LogP) is 3.40. The van der Waals surface area contributed by atoms with E-state index in [0.29, 0.717) is 0 Å². The molecule has 1 N–H and O–H groups in total. The van der Waals surface area contributed by atoms with E-state index in [1.165, 1.54) is 11.8 Å². The van der Waals surface area contributed by atoms with Crippen LogP contribution < -0.4 is 5.32 Å². The molecule has 1 aromatic carbocycles. The van der Waals surface area contributed by atoms with Crippen molar-refractivity contribution < 1.29 is 4.79 Å². The van der Waals surface area contributed by atoms with Crippen molar-refractivity contribution in [3.63, 3.8) is 0 Å². The molecule has 0 aliphatic rings. The summed E-state index contributed by atoms with van der Waals surface area (Å²) in [5.41, 5.74) is 2.87. The molecule has 0 aliphatic carbocycles. The molecule has 6 nitrogen and oxygen atoms in total. The Morgan fingerprint density at radius 2 is 2.00 bits per heavy atom. The van der Waals surface area contributed by atoms with Crippen LogP contribution in [0.5, 0.6) is 0 Å². The van der Waals surface area contributed by atoms with Gasteiger partial charge in [-0.15, -0.1) is 10.2 Å². The zero-order valence-corrected chi connectivity index (χ0v) is 15.0. The van der Waals surface area contributed by atoms with Crippen LogP contribution in [-0.4, -0.2) is 31.4 Å². The van der Waals surface area contributed by atoms with Gasteiger partial charge in [-0.25, -0.2) is 0 Å². The molecule has 1 amide bonds. The second-order valence-corrected chi connectivity index (χ2v) is 6.44. The lowest BCUT2D eigenvalue weighted by atomic mass is 10.2. The summed E-state index contributed by atoms with van der Waals surface area (Å²) in [5.74, 6) is 1.00. The second kappa shape index (κ2) is 7.94. The van der Waals surface area contributed by atoms with Crippen molar-refractivity contribution in [2.75, 3.05) is 11.1 Å². The molecular weight excluding hydrogens is 334 g/mol. The summed E-state index contributed by atoms with van der Waals surface area (Å²) in [7, 11) is 0. The number of nitrogens with one attached hydrogen (secondary N) is 1. The Labute approximate surface area is 150 Å². The van der Waals surface area contributed by atoms with Gasteiger partial charge in [0, 0.05) is 30.2 Å². The van der Waals surface area contributed by atoms with Gasteiger partial charge >= 0.3 is 0 Å². The van der Waals surface area contributed by atoms with Gasteiger partial charge in [-0.05, 0) is 43.7 Å². The van der Waals surface area contributed by atoms with Crippen molar-refractivity contribution in [2.45, 2.75) is 25.5 Å². The van der Waals surface area contributed by atoms with Gasteiger partial charge in [-0.1, -0.05) is 23.9 Å². The summed E-state index contributed by atoms with van der Waals surface area (Å²) in [6, 6.07) is 11.5. The molecule has 2 heterocycles. The van der Waals surface area contributed by atoms with Crippen molar-refractivity contribution in [1.82, 2.24) is 19.7 Å². The highest BCUT2D eigenvalue weighted by Crippen LogP contribution is 2.23. The first-order valence-corrected chi connectivity index (χ1v) is 8.99. The molecule has 0 radical (unpaired) electrons. The van der Waals surface area contributed by atoms with Gasteiger partial charge < -0.3 is 9.88 Å². The Balaban J connectivity index is 1.67. The van der Waals surface area contributed by atoms with Gasteiger partial charge in [0.1, 0.15) is 0 Å². The van der Waals surface area contributed by atoms with Crippen LogP contribution in [0.2, 0.25) is 0 Å². The van der Waals surface area contributed by atoms with Crippen LogP contribution >= 0.6 is 11.8 Å². The maximum atomic E-state index is 12.2. The smallest absolute Gasteiger partial charge is 0.234 e. The summed E-state index contributed by atoms with van der Waals surface area (Å²) >= 11 is 1.38. The molecule has 128 valence electrons. The highest BCUT2D eigenvalue weighted by Gasteiger charge is 2.14. The Bertz CT molecular complexity index is 863. The first kappa shape index (κ1) is 17.2. The van der Waals surface area contributed by atoms with Crippen LogP contribution in [0.3, 0.4) is 0 Å². The van der Waals surface area contributed by atoms with Gasteiger partial charge in [-0.2, -0.15) is 0 Å². The van der Waals surface area contributed by atoms with Crippen LogP contribution in [0, 0.1) is 6.92 Å². The Morgan fingerprint density at radius 3 is 2.72 bits per heavy atom. The number of aromatic nitrogens is 4. The molecular formula is C18H19N5OS. The molecule has 0 aliphatic heterocycles. The summed E-state index contributed by atoms with van der Waals surface area (Å²) in [5, 5.41) is 12.1. The number of hydrogen-bond acceptors (Lipinski definition) is 5. The van der Waals surface area contributed by atoms with E-state index < -0.39 is 0 Å². The van der Waals surface area contributed by atoms with Crippen molar-refractivity contribution in [3.05, 3.63) is 54.4 Å². The molecule has 0 atom stereocenters.